The van der Waals surface area contributed by atoms with Crippen LogP contribution in [0.2, 0.25) is 0 Å². The van der Waals surface area contributed by atoms with Gasteiger partial charge in [-0.05, 0) is 34.0 Å². The topological polar surface area (TPSA) is 12.5 Å². The van der Waals surface area contributed by atoms with Crippen LogP contribution < -0.4 is 9.64 Å². The van der Waals surface area contributed by atoms with Gasteiger partial charge in [0.05, 0.1) is 12.8 Å². The Morgan fingerprint density at radius 3 is 2.71 bits per heavy atom. The molecule has 1 aromatic carbocycles. The van der Waals surface area contributed by atoms with E-state index in [0.29, 0.717) is 0 Å². The maximum atomic E-state index is 5.21. The zero-order chi connectivity index (χ0) is 10.1. The third-order valence-corrected chi connectivity index (χ3v) is 3.23. The molecule has 0 unspecified atom stereocenters. The highest BCUT2D eigenvalue weighted by Gasteiger charge is 2.24. The molecule has 1 heterocycles. The Morgan fingerprint density at radius 2 is 2.14 bits per heavy atom. The second-order valence-electron chi connectivity index (χ2n) is 3.83. The normalized spacial score (nSPS) is 16.6. The quantitative estimate of drug-likeness (QED) is 0.806. The largest absolute Gasteiger partial charge is 0.497 e. The van der Waals surface area contributed by atoms with Crippen LogP contribution in [0.25, 0.3) is 0 Å². The maximum absolute atomic E-state index is 5.21. The van der Waals surface area contributed by atoms with Crippen LogP contribution in [0.1, 0.15) is 6.92 Å². The average molecular weight is 256 g/mol. The van der Waals surface area contributed by atoms with Crippen molar-refractivity contribution in [2.24, 2.45) is 5.92 Å². The molecule has 3 heteroatoms. The average Bonchev–Trinajstić information content (AvgIpc) is 2.14. The van der Waals surface area contributed by atoms with Gasteiger partial charge in [-0.3, -0.25) is 0 Å². The van der Waals surface area contributed by atoms with Crippen LogP contribution >= 0.6 is 15.9 Å². The summed E-state index contributed by atoms with van der Waals surface area (Å²) in [6, 6.07) is 6.09. The number of rotatable bonds is 2. The van der Waals surface area contributed by atoms with Crippen molar-refractivity contribution in [2.75, 3.05) is 25.1 Å². The van der Waals surface area contributed by atoms with Crippen molar-refractivity contribution in [3.63, 3.8) is 0 Å². The predicted molar refractivity (Wildman–Crippen MR) is 62.1 cm³/mol. The van der Waals surface area contributed by atoms with E-state index in [0.717, 1.165) is 29.2 Å². The van der Waals surface area contributed by atoms with Gasteiger partial charge < -0.3 is 9.64 Å². The van der Waals surface area contributed by atoms with Crippen molar-refractivity contribution in [1.82, 2.24) is 0 Å². The summed E-state index contributed by atoms with van der Waals surface area (Å²) in [7, 11) is 1.70. The van der Waals surface area contributed by atoms with E-state index >= 15 is 0 Å². The lowest BCUT2D eigenvalue weighted by atomic mass is 10.0. The number of hydrogen-bond acceptors (Lipinski definition) is 2. The van der Waals surface area contributed by atoms with Crippen molar-refractivity contribution in [3.8, 4) is 5.75 Å². The highest BCUT2D eigenvalue weighted by atomic mass is 79.9. The fourth-order valence-electron chi connectivity index (χ4n) is 1.76. The molecule has 1 aliphatic rings. The van der Waals surface area contributed by atoms with E-state index in [4.69, 9.17) is 4.74 Å². The first-order chi connectivity index (χ1) is 6.70. The molecular weight excluding hydrogens is 242 g/mol. The number of methoxy groups -OCH3 is 1. The summed E-state index contributed by atoms with van der Waals surface area (Å²) >= 11 is 3.56. The molecular formula is C11H14BrNO. The highest BCUT2D eigenvalue weighted by Crippen LogP contribution is 2.34. The van der Waals surface area contributed by atoms with Gasteiger partial charge in [-0.25, -0.2) is 0 Å². The molecule has 0 aliphatic carbocycles. The number of nitrogens with zero attached hydrogens (tertiary/aromatic N) is 1. The van der Waals surface area contributed by atoms with Crippen LogP contribution in [0.3, 0.4) is 0 Å². The van der Waals surface area contributed by atoms with Crippen molar-refractivity contribution in [2.45, 2.75) is 6.92 Å². The standard InChI is InChI=1S/C11H14BrNO/c1-8-6-13(7-8)11-5-9(14-2)3-4-10(11)12/h3-5,8H,6-7H2,1-2H3. The van der Waals surface area contributed by atoms with Gasteiger partial charge in [0.2, 0.25) is 0 Å². The first-order valence-electron chi connectivity index (χ1n) is 4.79. The minimum Gasteiger partial charge on any atom is -0.497 e. The Morgan fingerprint density at radius 1 is 1.43 bits per heavy atom. The van der Waals surface area contributed by atoms with Crippen molar-refractivity contribution < 1.29 is 4.74 Å². The monoisotopic (exact) mass is 255 g/mol. The second kappa shape index (κ2) is 3.81. The smallest absolute Gasteiger partial charge is 0.121 e. The third-order valence-electron chi connectivity index (χ3n) is 2.56. The number of halogens is 1. The molecule has 2 nitrogen and oxygen atoms in total. The number of anilines is 1. The van der Waals surface area contributed by atoms with E-state index in [1.807, 2.05) is 12.1 Å². The summed E-state index contributed by atoms with van der Waals surface area (Å²) in [6.45, 7) is 4.56. The number of benzene rings is 1. The second-order valence-corrected chi connectivity index (χ2v) is 4.68. The van der Waals surface area contributed by atoms with Crippen LogP contribution in [0.15, 0.2) is 22.7 Å². The molecule has 0 aromatic heterocycles. The molecule has 0 bridgehead atoms. The summed E-state index contributed by atoms with van der Waals surface area (Å²) in [5.41, 5.74) is 1.24. The molecule has 1 saturated heterocycles. The Kier molecular flexibility index (Phi) is 2.68. The van der Waals surface area contributed by atoms with Crippen LogP contribution in [-0.2, 0) is 0 Å². The molecule has 1 aliphatic heterocycles. The van der Waals surface area contributed by atoms with Crippen LogP contribution in [0.4, 0.5) is 5.69 Å². The molecule has 1 fully saturated rings. The van der Waals surface area contributed by atoms with Gasteiger partial charge in [0.25, 0.3) is 0 Å². The lowest BCUT2D eigenvalue weighted by molar-refractivity contribution is 0.412. The van der Waals surface area contributed by atoms with Gasteiger partial charge in [0, 0.05) is 23.6 Å². The predicted octanol–water partition coefficient (Wildman–Crippen LogP) is 2.91. The highest BCUT2D eigenvalue weighted by molar-refractivity contribution is 9.10. The molecule has 76 valence electrons. The summed E-state index contributed by atoms with van der Waals surface area (Å²) in [4.78, 5) is 2.36. The number of hydrogen-bond donors (Lipinski definition) is 0. The van der Waals surface area contributed by atoms with E-state index in [9.17, 15) is 0 Å². The van der Waals surface area contributed by atoms with Gasteiger partial charge in [0.1, 0.15) is 5.75 Å². The van der Waals surface area contributed by atoms with Crippen LogP contribution in [0, 0.1) is 5.92 Å². The third kappa shape index (κ3) is 1.73. The zero-order valence-electron chi connectivity index (χ0n) is 8.46. The van der Waals surface area contributed by atoms with Crippen LogP contribution in [-0.4, -0.2) is 20.2 Å². The summed E-state index contributed by atoms with van der Waals surface area (Å²) in [5, 5.41) is 0. The SMILES string of the molecule is COc1ccc(Br)c(N2CC(C)C2)c1. The van der Waals surface area contributed by atoms with Gasteiger partial charge in [-0.15, -0.1) is 0 Å². The molecule has 0 radical (unpaired) electrons. The fourth-order valence-corrected chi connectivity index (χ4v) is 2.25. The first kappa shape index (κ1) is 9.84. The molecule has 1 aromatic rings. The van der Waals surface area contributed by atoms with Gasteiger partial charge in [0.15, 0.2) is 0 Å². The molecule has 0 N–H and O–H groups in total. The van der Waals surface area contributed by atoms with Crippen molar-refractivity contribution in [3.05, 3.63) is 22.7 Å². The molecule has 0 amide bonds. The minimum absolute atomic E-state index is 0.813. The molecule has 14 heavy (non-hydrogen) atoms. The van der Waals surface area contributed by atoms with E-state index in [-0.39, 0.29) is 0 Å². The van der Waals surface area contributed by atoms with E-state index in [1.54, 1.807) is 7.11 Å². The Bertz CT molecular complexity index is 334. The first-order valence-corrected chi connectivity index (χ1v) is 5.58. The summed E-state index contributed by atoms with van der Waals surface area (Å²) in [6.07, 6.45) is 0. The van der Waals surface area contributed by atoms with Crippen molar-refractivity contribution >= 4 is 21.6 Å². The number of ether oxygens (including phenoxy) is 1. The van der Waals surface area contributed by atoms with E-state index in [2.05, 4.69) is 33.8 Å². The Labute approximate surface area is 93.0 Å². The summed E-state index contributed by atoms with van der Waals surface area (Å²) in [5.74, 6) is 1.73. The molecule has 2 rings (SSSR count). The molecule has 0 spiro atoms. The van der Waals surface area contributed by atoms with Gasteiger partial charge in [-0.1, -0.05) is 6.92 Å². The minimum atomic E-state index is 0.813. The molecule has 0 saturated carbocycles. The lowest BCUT2D eigenvalue weighted by Gasteiger charge is -2.39. The zero-order valence-corrected chi connectivity index (χ0v) is 10.0. The van der Waals surface area contributed by atoms with E-state index < -0.39 is 0 Å². The lowest BCUT2D eigenvalue weighted by Crippen LogP contribution is -2.45. The fraction of sp³-hybridized carbons (Fsp3) is 0.455. The summed E-state index contributed by atoms with van der Waals surface area (Å²) < 4.78 is 6.35. The van der Waals surface area contributed by atoms with Gasteiger partial charge >= 0.3 is 0 Å². The van der Waals surface area contributed by atoms with Gasteiger partial charge in [-0.2, -0.15) is 0 Å². The van der Waals surface area contributed by atoms with Crippen LogP contribution in [0.5, 0.6) is 5.75 Å². The van der Waals surface area contributed by atoms with E-state index in [1.165, 1.54) is 5.69 Å². The van der Waals surface area contributed by atoms with Crippen molar-refractivity contribution in [1.29, 1.82) is 0 Å². The molecule has 0 atom stereocenters. The maximum Gasteiger partial charge on any atom is 0.121 e. The Hall–Kier alpha value is -0.700. The Balaban J connectivity index is 2.23.